The fourth-order valence-corrected chi connectivity index (χ4v) is 5.03. The zero-order valence-corrected chi connectivity index (χ0v) is 16.8. The van der Waals surface area contributed by atoms with Crippen molar-refractivity contribution in [2.75, 3.05) is 51.9 Å². The third-order valence-corrected chi connectivity index (χ3v) is 6.74. The molecule has 0 bridgehead atoms. The highest BCUT2D eigenvalue weighted by Crippen LogP contribution is 2.33. The quantitative estimate of drug-likeness (QED) is 0.787. The second-order valence-electron chi connectivity index (χ2n) is 7.54. The molecule has 6 nitrogen and oxygen atoms in total. The van der Waals surface area contributed by atoms with Crippen molar-refractivity contribution in [2.45, 2.75) is 19.3 Å². The average Bonchev–Trinajstić information content (AvgIpc) is 3.37. The summed E-state index contributed by atoms with van der Waals surface area (Å²) in [6, 6.07) is 6.03. The number of anilines is 1. The van der Waals surface area contributed by atoms with E-state index in [2.05, 4.69) is 11.0 Å². The van der Waals surface area contributed by atoms with Gasteiger partial charge in [0.15, 0.2) is 5.13 Å². The van der Waals surface area contributed by atoms with Crippen LogP contribution in [0.4, 0.5) is 5.13 Å². The highest BCUT2D eigenvalue weighted by molar-refractivity contribution is 7.22. The third kappa shape index (κ3) is 4.04. The van der Waals surface area contributed by atoms with Crippen LogP contribution in [0.15, 0.2) is 18.2 Å². The van der Waals surface area contributed by atoms with E-state index in [1.165, 1.54) is 0 Å². The molecule has 146 valence electrons. The molecular formula is C20H27N3O3S. The number of benzene rings is 1. The molecule has 2 saturated heterocycles. The summed E-state index contributed by atoms with van der Waals surface area (Å²) in [5.74, 6) is 1.74. The molecule has 2 aliphatic heterocycles. The van der Waals surface area contributed by atoms with Gasteiger partial charge in [-0.15, -0.1) is 0 Å². The largest absolute Gasteiger partial charge is 0.497 e. The van der Waals surface area contributed by atoms with Gasteiger partial charge in [-0.05, 0) is 43.4 Å². The molecule has 7 heteroatoms. The van der Waals surface area contributed by atoms with E-state index in [9.17, 15) is 4.79 Å². The molecule has 1 atom stereocenters. The van der Waals surface area contributed by atoms with Gasteiger partial charge in [0, 0.05) is 33.3 Å². The van der Waals surface area contributed by atoms with Crippen molar-refractivity contribution >= 4 is 32.6 Å². The topological polar surface area (TPSA) is 54.9 Å². The number of aromatic nitrogens is 1. The predicted octanol–water partition coefficient (Wildman–Crippen LogP) is 3.02. The molecule has 0 N–H and O–H groups in total. The lowest BCUT2D eigenvalue weighted by Crippen LogP contribution is -2.41. The molecule has 2 aliphatic rings. The second kappa shape index (κ2) is 8.02. The van der Waals surface area contributed by atoms with Crippen LogP contribution in [-0.2, 0) is 9.53 Å². The Kier molecular flexibility index (Phi) is 5.50. The van der Waals surface area contributed by atoms with Crippen LogP contribution in [0.3, 0.4) is 0 Å². The molecule has 1 amide bonds. The highest BCUT2D eigenvalue weighted by Gasteiger charge is 2.29. The lowest BCUT2D eigenvalue weighted by atomic mass is 9.96. The fourth-order valence-electron chi connectivity index (χ4n) is 3.98. The number of fused-ring (bicyclic) bond motifs is 1. The summed E-state index contributed by atoms with van der Waals surface area (Å²) < 4.78 is 11.8. The smallest absolute Gasteiger partial charge is 0.227 e. The van der Waals surface area contributed by atoms with Crippen LogP contribution in [-0.4, -0.2) is 62.8 Å². The number of rotatable bonds is 5. The molecule has 4 rings (SSSR count). The van der Waals surface area contributed by atoms with E-state index in [0.717, 1.165) is 66.6 Å². The zero-order valence-electron chi connectivity index (χ0n) is 16.0. The van der Waals surface area contributed by atoms with Crippen LogP contribution in [0.5, 0.6) is 5.75 Å². The first-order chi connectivity index (χ1) is 13.1. The lowest BCUT2D eigenvalue weighted by Gasteiger charge is -2.34. The van der Waals surface area contributed by atoms with Crippen molar-refractivity contribution in [1.29, 1.82) is 0 Å². The number of hydrogen-bond donors (Lipinski definition) is 0. The first kappa shape index (κ1) is 18.5. The monoisotopic (exact) mass is 389 g/mol. The van der Waals surface area contributed by atoms with Gasteiger partial charge in [0.05, 0.1) is 29.9 Å². The van der Waals surface area contributed by atoms with Crippen LogP contribution >= 0.6 is 11.3 Å². The van der Waals surface area contributed by atoms with Gasteiger partial charge in [-0.2, -0.15) is 0 Å². The number of nitrogens with zero attached hydrogens (tertiary/aromatic N) is 3. The van der Waals surface area contributed by atoms with E-state index in [0.29, 0.717) is 12.5 Å². The SMILES string of the molecule is COc1ccc2nc(N3CCC(CN(C)C(=O)C4CCOC4)CC3)sc2c1. The number of piperidine rings is 1. The van der Waals surface area contributed by atoms with Crippen molar-refractivity contribution in [3.05, 3.63) is 18.2 Å². The molecule has 0 radical (unpaired) electrons. The number of methoxy groups -OCH3 is 1. The summed E-state index contributed by atoms with van der Waals surface area (Å²) in [4.78, 5) is 21.6. The second-order valence-corrected chi connectivity index (χ2v) is 8.55. The maximum atomic E-state index is 12.5. The van der Waals surface area contributed by atoms with Crippen LogP contribution in [0.1, 0.15) is 19.3 Å². The van der Waals surface area contributed by atoms with Crippen LogP contribution in [0.25, 0.3) is 10.2 Å². The lowest BCUT2D eigenvalue weighted by molar-refractivity contribution is -0.134. The molecule has 2 fully saturated rings. The minimum Gasteiger partial charge on any atom is -0.497 e. The Balaban J connectivity index is 1.32. The number of thiazole rings is 1. The Hall–Kier alpha value is -1.86. The van der Waals surface area contributed by atoms with Crippen molar-refractivity contribution < 1.29 is 14.3 Å². The minimum absolute atomic E-state index is 0.0647. The summed E-state index contributed by atoms with van der Waals surface area (Å²) in [6.07, 6.45) is 3.06. The Morgan fingerprint density at radius 3 is 2.89 bits per heavy atom. The molecule has 27 heavy (non-hydrogen) atoms. The average molecular weight is 390 g/mol. The van der Waals surface area contributed by atoms with Gasteiger partial charge in [0.1, 0.15) is 5.75 Å². The van der Waals surface area contributed by atoms with Gasteiger partial charge < -0.3 is 19.3 Å². The van der Waals surface area contributed by atoms with E-state index in [1.54, 1.807) is 18.4 Å². The highest BCUT2D eigenvalue weighted by atomic mass is 32.1. The number of carbonyl (C=O) groups excluding carboxylic acids is 1. The van der Waals surface area contributed by atoms with Crippen molar-refractivity contribution in [3.63, 3.8) is 0 Å². The first-order valence-corrected chi connectivity index (χ1v) is 10.5. The van der Waals surface area contributed by atoms with Crippen LogP contribution in [0.2, 0.25) is 0 Å². The Labute approximate surface area is 164 Å². The van der Waals surface area contributed by atoms with Gasteiger partial charge in [-0.1, -0.05) is 11.3 Å². The summed E-state index contributed by atoms with van der Waals surface area (Å²) >= 11 is 1.73. The van der Waals surface area contributed by atoms with E-state index in [1.807, 2.05) is 24.1 Å². The molecule has 0 aliphatic carbocycles. The molecule has 0 saturated carbocycles. The molecule has 1 unspecified atom stereocenters. The Morgan fingerprint density at radius 1 is 1.37 bits per heavy atom. The molecule has 1 aromatic heterocycles. The third-order valence-electron chi connectivity index (χ3n) is 5.66. The first-order valence-electron chi connectivity index (χ1n) is 9.66. The summed E-state index contributed by atoms with van der Waals surface area (Å²) in [6.45, 7) is 4.15. The summed E-state index contributed by atoms with van der Waals surface area (Å²) in [7, 11) is 3.63. The minimum atomic E-state index is 0.0647. The number of amides is 1. The van der Waals surface area contributed by atoms with Crippen molar-refractivity contribution in [1.82, 2.24) is 9.88 Å². The fraction of sp³-hybridized carbons (Fsp3) is 0.600. The normalized spacial score (nSPS) is 21.0. The zero-order chi connectivity index (χ0) is 18.8. The van der Waals surface area contributed by atoms with Gasteiger partial charge in [0.25, 0.3) is 0 Å². The van der Waals surface area contributed by atoms with Gasteiger partial charge in [-0.25, -0.2) is 4.98 Å². The Bertz CT molecular complexity index is 795. The van der Waals surface area contributed by atoms with Crippen LogP contribution in [0, 0.1) is 11.8 Å². The number of ether oxygens (including phenoxy) is 2. The molecule has 1 aromatic carbocycles. The standard InChI is InChI=1S/C20H27N3O3S/c1-22(19(24)15-7-10-26-13-15)12-14-5-8-23(9-6-14)20-21-17-4-3-16(25-2)11-18(17)27-20/h3-4,11,14-15H,5-10,12-13H2,1-2H3. The van der Waals surface area contributed by atoms with Crippen molar-refractivity contribution in [2.24, 2.45) is 11.8 Å². The predicted molar refractivity (Wildman–Crippen MR) is 108 cm³/mol. The maximum Gasteiger partial charge on any atom is 0.227 e. The molecular weight excluding hydrogens is 362 g/mol. The number of carbonyl (C=O) groups is 1. The number of hydrogen-bond acceptors (Lipinski definition) is 6. The molecule has 3 heterocycles. The summed E-state index contributed by atoms with van der Waals surface area (Å²) in [5.41, 5.74) is 1.03. The van der Waals surface area contributed by atoms with E-state index in [4.69, 9.17) is 14.5 Å². The van der Waals surface area contributed by atoms with Gasteiger partial charge in [-0.3, -0.25) is 4.79 Å². The van der Waals surface area contributed by atoms with Crippen LogP contribution < -0.4 is 9.64 Å². The molecule has 2 aromatic rings. The van der Waals surface area contributed by atoms with Gasteiger partial charge in [0.2, 0.25) is 5.91 Å². The van der Waals surface area contributed by atoms with E-state index < -0.39 is 0 Å². The van der Waals surface area contributed by atoms with E-state index in [-0.39, 0.29) is 11.8 Å². The molecule has 0 spiro atoms. The Morgan fingerprint density at radius 2 is 2.19 bits per heavy atom. The van der Waals surface area contributed by atoms with Gasteiger partial charge >= 0.3 is 0 Å². The maximum absolute atomic E-state index is 12.5. The van der Waals surface area contributed by atoms with E-state index >= 15 is 0 Å². The summed E-state index contributed by atoms with van der Waals surface area (Å²) in [5, 5.41) is 1.09. The van der Waals surface area contributed by atoms with Crippen molar-refractivity contribution in [3.8, 4) is 5.75 Å².